The lowest BCUT2D eigenvalue weighted by Crippen LogP contribution is -2.36. The minimum atomic E-state index is 0.620. The van der Waals surface area contributed by atoms with E-state index in [2.05, 4.69) is 125 Å². The van der Waals surface area contributed by atoms with Crippen molar-refractivity contribution in [2.45, 2.75) is 330 Å². The Hall–Kier alpha value is 0. The molecule has 18 rings (SSSR count). The van der Waals surface area contributed by atoms with E-state index in [1.807, 2.05) is 0 Å². The molecule has 18 saturated carbocycles. The van der Waals surface area contributed by atoms with Crippen molar-refractivity contribution in [2.75, 3.05) is 0 Å². The van der Waals surface area contributed by atoms with Gasteiger partial charge in [0.05, 0.1) is 0 Å². The second kappa shape index (κ2) is 21.6. The number of fused-ring (bicyclic) bond motifs is 27. The third-order valence-electron chi connectivity index (χ3n) is 35.5. The van der Waals surface area contributed by atoms with Crippen LogP contribution >= 0.6 is 0 Å². The Kier molecular flexibility index (Phi) is 16.3. The van der Waals surface area contributed by atoms with E-state index >= 15 is 0 Å². The van der Waals surface area contributed by atoms with Crippen LogP contribution in [0.3, 0.4) is 0 Å². The molecule has 0 aliphatic heterocycles. The third kappa shape index (κ3) is 10.1. The second-order valence-corrected chi connectivity index (χ2v) is 39.8. The first-order chi connectivity index (χ1) is 38.0. The first-order valence-corrected chi connectivity index (χ1v) is 38.0. The van der Waals surface area contributed by atoms with Gasteiger partial charge in [-0.05, 0) is 339 Å². The van der Waals surface area contributed by atoms with E-state index in [0.717, 1.165) is 106 Å². The molecule has 0 aromatic rings. The van der Waals surface area contributed by atoms with Crippen LogP contribution in [0.4, 0.5) is 0 Å². The van der Waals surface area contributed by atoms with Gasteiger partial charge >= 0.3 is 0 Å². The van der Waals surface area contributed by atoms with Crippen LogP contribution in [0.15, 0.2) is 0 Å². The van der Waals surface area contributed by atoms with Crippen molar-refractivity contribution in [2.24, 2.45) is 179 Å². The quantitative estimate of drug-likeness (QED) is 0.247. The molecule has 0 aromatic carbocycles. The molecule has 18 aliphatic carbocycles. The maximum atomic E-state index is 2.56. The summed E-state index contributed by atoms with van der Waals surface area (Å²) in [6.07, 6.45) is 49.1. The van der Waals surface area contributed by atoms with Gasteiger partial charge in [-0.15, -0.1) is 0 Å². The molecule has 18 fully saturated rings. The topological polar surface area (TPSA) is 0 Å². The molecule has 464 valence electrons. The van der Waals surface area contributed by atoms with Crippen molar-refractivity contribution in [1.29, 1.82) is 0 Å². The standard InChI is InChI=1S/C14H22.C13H22.C12H20.C12H22.C11H20.C10H18.C9H16/c1-14(2)7-10-6-11(14)13-9-4-3-8(5-9)12(10)13;1-3-13(2)8-9-7-12(13)11-6-4-5-10(9)11;1-12(2)7-8-6-11(12)10-5-3-4-9(8)10;1-5-11(3)8-10-6-7-12(11,4)9(10)2;1-8-9-5-6-11(8,4)10(2,3)7-9;1-3-10(2)7-8-4-5-9(10)6-8;1-9(2)6-7-3-4-8(9)5-7/h8-13H,3-7H2,1-2H3;9-12H,3-8H2,1-2H3;8-11H,3-7H2,1-2H3;9-10H,5-8H2,1-4H3;8-9H,5-7H2,1-4H3;8-9H,3-7H2,1-2H3;7-8H,3-6H2,1-2H3/t;9?,10?,11?,12?,13-;;9?,10?,11-,12?;;8?,9?,10-;/m.0.0.0./s1. The van der Waals surface area contributed by atoms with Crippen LogP contribution in [0.1, 0.15) is 330 Å². The van der Waals surface area contributed by atoms with Gasteiger partial charge in [0, 0.05) is 0 Å². The van der Waals surface area contributed by atoms with E-state index in [0.29, 0.717) is 37.9 Å². The van der Waals surface area contributed by atoms with E-state index in [9.17, 15) is 0 Å². The highest BCUT2D eigenvalue weighted by Crippen LogP contribution is 2.73. The minimum Gasteiger partial charge on any atom is -0.0649 e. The van der Waals surface area contributed by atoms with Gasteiger partial charge in [0.1, 0.15) is 0 Å². The fourth-order valence-electron chi connectivity index (χ4n) is 29.5. The molecule has 24 unspecified atom stereocenters. The largest absolute Gasteiger partial charge is 0.0649 e. The SMILES string of the molecule is CC1(C)CC2CC1C1C3CCC(C3)C21.CC1(C)CC2CC1C1CCCC21.CC1(C)CC2CCC1C2.CC1C2CCC1(C)C(C)(C)C2.CC[C@@]1(C)CC2CC1C1CCCC21.CC[C@@]1(C)CC2CCC1(C)C2C.CC[C@@]1(C)CC2CCC1C2. The molecule has 0 N–H and O–H groups in total. The van der Waals surface area contributed by atoms with Gasteiger partial charge in [-0.2, -0.15) is 0 Å². The summed E-state index contributed by atoms with van der Waals surface area (Å²) in [5.74, 6) is 24.6. The first kappa shape index (κ1) is 61.2. The van der Waals surface area contributed by atoms with E-state index in [4.69, 9.17) is 0 Å². The maximum Gasteiger partial charge on any atom is -0.0244 e. The summed E-state index contributed by atoms with van der Waals surface area (Å²) in [5.41, 5.74) is 6.24. The van der Waals surface area contributed by atoms with Gasteiger partial charge in [0.25, 0.3) is 0 Å². The molecular weight excluding hydrogens is 973 g/mol. The molecule has 0 nitrogen and oxygen atoms in total. The van der Waals surface area contributed by atoms with Crippen molar-refractivity contribution < 1.29 is 0 Å². The Morgan fingerprint density at radius 2 is 0.827 bits per heavy atom. The van der Waals surface area contributed by atoms with Crippen molar-refractivity contribution in [1.82, 2.24) is 0 Å². The molecule has 0 saturated heterocycles. The highest BCUT2D eigenvalue weighted by Gasteiger charge is 2.65. The maximum absolute atomic E-state index is 2.56. The molecule has 16 bridgehead atoms. The molecule has 0 spiro atoms. The van der Waals surface area contributed by atoms with E-state index in [1.54, 1.807) is 116 Å². The Labute approximate surface area is 506 Å². The zero-order chi connectivity index (χ0) is 57.8. The highest BCUT2D eigenvalue weighted by atomic mass is 14.7. The Morgan fingerprint density at radius 3 is 1.26 bits per heavy atom. The Balaban J connectivity index is 0.0000000942. The average Bonchev–Trinajstić information content (AvgIpc) is 4.03. The summed E-state index contributed by atoms with van der Waals surface area (Å²) in [7, 11) is 0. The van der Waals surface area contributed by atoms with Crippen LogP contribution in [0.2, 0.25) is 0 Å². The van der Waals surface area contributed by atoms with Crippen LogP contribution in [0.5, 0.6) is 0 Å². The van der Waals surface area contributed by atoms with Crippen LogP contribution < -0.4 is 0 Å². The van der Waals surface area contributed by atoms with Crippen molar-refractivity contribution in [3.63, 3.8) is 0 Å². The number of hydrogen-bond donors (Lipinski definition) is 0. The summed E-state index contributed by atoms with van der Waals surface area (Å²) >= 11 is 0. The molecule has 0 radical (unpaired) electrons. The summed E-state index contributed by atoms with van der Waals surface area (Å²) < 4.78 is 0. The fourth-order valence-corrected chi connectivity index (χ4v) is 29.5. The smallest absolute Gasteiger partial charge is 0.0244 e. The summed E-state index contributed by atoms with van der Waals surface area (Å²) in [4.78, 5) is 0. The van der Waals surface area contributed by atoms with Crippen LogP contribution in [-0.2, 0) is 0 Å². The lowest BCUT2D eigenvalue weighted by Gasteiger charge is -2.43. The van der Waals surface area contributed by atoms with Gasteiger partial charge < -0.3 is 0 Å². The molecule has 0 heteroatoms. The van der Waals surface area contributed by atoms with Crippen molar-refractivity contribution in [3.05, 3.63) is 0 Å². The van der Waals surface area contributed by atoms with Gasteiger partial charge in [0.15, 0.2) is 0 Å². The molecule has 0 aromatic heterocycles. The van der Waals surface area contributed by atoms with E-state index in [-0.39, 0.29) is 0 Å². The second-order valence-electron chi connectivity index (χ2n) is 39.8. The Bertz CT molecular complexity index is 2190. The van der Waals surface area contributed by atoms with E-state index in [1.165, 1.54) is 125 Å². The third-order valence-corrected chi connectivity index (χ3v) is 35.5. The predicted molar refractivity (Wildman–Crippen MR) is 349 cm³/mol. The van der Waals surface area contributed by atoms with Crippen molar-refractivity contribution >= 4 is 0 Å². The number of rotatable bonds is 3. The molecule has 27 atom stereocenters. The molecule has 0 heterocycles. The molecule has 81 heavy (non-hydrogen) atoms. The monoisotopic (exact) mass is 1110 g/mol. The highest BCUT2D eigenvalue weighted by molar-refractivity contribution is 5.14. The molecule has 18 aliphatic rings. The van der Waals surface area contributed by atoms with Crippen LogP contribution in [-0.4, -0.2) is 0 Å². The zero-order valence-corrected chi connectivity index (χ0v) is 57.8. The van der Waals surface area contributed by atoms with Gasteiger partial charge in [-0.3, -0.25) is 0 Å². The molecule has 0 amide bonds. The van der Waals surface area contributed by atoms with E-state index < -0.39 is 0 Å². The van der Waals surface area contributed by atoms with Gasteiger partial charge in [-0.1, -0.05) is 170 Å². The first-order valence-electron chi connectivity index (χ1n) is 38.0. The van der Waals surface area contributed by atoms with Crippen LogP contribution in [0.25, 0.3) is 0 Å². The van der Waals surface area contributed by atoms with Crippen LogP contribution in [0, 0.1) is 179 Å². The number of hydrogen-bond acceptors (Lipinski definition) is 0. The Morgan fingerprint density at radius 1 is 0.321 bits per heavy atom. The predicted octanol–water partition coefficient (Wildman–Crippen LogP) is 24.4. The van der Waals surface area contributed by atoms with Gasteiger partial charge in [-0.25, -0.2) is 0 Å². The zero-order valence-electron chi connectivity index (χ0n) is 57.8. The average molecular weight is 1110 g/mol. The summed E-state index contributed by atoms with van der Waals surface area (Å²) in [6, 6.07) is 0. The fraction of sp³-hybridized carbons (Fsp3) is 1.00. The molecular formula is C81H140. The minimum absolute atomic E-state index is 0.620. The lowest BCUT2D eigenvalue weighted by molar-refractivity contribution is 0.0583. The summed E-state index contributed by atoms with van der Waals surface area (Å²) in [5, 5.41) is 0. The summed E-state index contributed by atoms with van der Waals surface area (Å²) in [6.45, 7) is 44.6. The lowest BCUT2D eigenvalue weighted by atomic mass is 9.62. The normalized spacial score (nSPS) is 55.6. The van der Waals surface area contributed by atoms with Crippen molar-refractivity contribution in [3.8, 4) is 0 Å². The van der Waals surface area contributed by atoms with Gasteiger partial charge in [0.2, 0.25) is 0 Å².